The lowest BCUT2D eigenvalue weighted by Crippen LogP contribution is -2.55. The fourth-order valence-corrected chi connectivity index (χ4v) is 2.37. The van der Waals surface area contributed by atoms with Gasteiger partial charge in [-0.3, -0.25) is 4.79 Å². The Kier molecular flexibility index (Phi) is 5.98. The number of esters is 1. The molecule has 1 atom stereocenters. The molecule has 1 unspecified atom stereocenters. The van der Waals surface area contributed by atoms with Crippen LogP contribution in [0.15, 0.2) is 0 Å². The molecule has 0 saturated heterocycles. The minimum Gasteiger partial charge on any atom is -0.466 e. The Morgan fingerprint density at radius 3 is 2.45 bits per heavy atom. The van der Waals surface area contributed by atoms with Crippen LogP contribution in [0.3, 0.4) is 0 Å². The number of β-amino-alcohol motifs (C(OH)–C–C–N with tert-alkyl or cyclic N) is 1. The summed E-state index contributed by atoms with van der Waals surface area (Å²) < 4.78 is 5.03. The van der Waals surface area contributed by atoms with Gasteiger partial charge in [-0.2, -0.15) is 0 Å². The van der Waals surface area contributed by atoms with Crippen molar-refractivity contribution in [2.75, 3.05) is 13.2 Å². The van der Waals surface area contributed by atoms with Crippen LogP contribution in [0.5, 0.6) is 0 Å². The number of rotatable bonds is 6. The molecule has 0 bridgehead atoms. The van der Waals surface area contributed by atoms with Crippen molar-refractivity contribution in [2.24, 2.45) is 5.92 Å². The van der Waals surface area contributed by atoms with Crippen molar-refractivity contribution in [3.8, 4) is 0 Å². The van der Waals surface area contributed by atoms with Crippen molar-refractivity contribution in [2.45, 2.75) is 70.6 Å². The Labute approximate surface area is 121 Å². The SMILES string of the molecule is CCOC(=O)C1CCC(O)(CNC(C)(C)C(C)O)CC1. The summed E-state index contributed by atoms with van der Waals surface area (Å²) in [5.41, 5.74) is -1.23. The number of aliphatic hydroxyl groups is 2. The Morgan fingerprint density at radius 1 is 1.45 bits per heavy atom. The highest BCUT2D eigenvalue weighted by Gasteiger charge is 2.37. The third-order valence-corrected chi connectivity index (χ3v) is 4.45. The van der Waals surface area contributed by atoms with Crippen LogP contribution >= 0.6 is 0 Å². The molecule has 5 nitrogen and oxygen atoms in total. The molecule has 1 rings (SSSR count). The molecule has 0 spiro atoms. The summed E-state index contributed by atoms with van der Waals surface area (Å²) in [6.45, 7) is 8.19. The standard InChI is InChI=1S/C15H29NO4/c1-5-20-13(18)12-6-8-15(19,9-7-12)10-16-14(3,4)11(2)17/h11-12,16-17,19H,5-10H2,1-4H3. The molecule has 1 aliphatic carbocycles. The van der Waals surface area contributed by atoms with E-state index < -0.39 is 17.2 Å². The Morgan fingerprint density at radius 2 is 2.00 bits per heavy atom. The van der Waals surface area contributed by atoms with E-state index in [9.17, 15) is 15.0 Å². The number of hydrogen-bond acceptors (Lipinski definition) is 5. The largest absolute Gasteiger partial charge is 0.466 e. The molecule has 0 aromatic carbocycles. The normalized spacial score (nSPS) is 29.0. The lowest BCUT2D eigenvalue weighted by atomic mass is 9.78. The van der Waals surface area contributed by atoms with Gasteiger partial charge in [-0.25, -0.2) is 0 Å². The average Bonchev–Trinajstić information content (AvgIpc) is 2.38. The van der Waals surface area contributed by atoms with Crippen LogP contribution in [-0.4, -0.2) is 46.6 Å². The second kappa shape index (κ2) is 6.87. The maximum atomic E-state index is 11.7. The van der Waals surface area contributed by atoms with Crippen LogP contribution in [0, 0.1) is 5.92 Å². The minimum absolute atomic E-state index is 0.0833. The number of ether oxygens (including phenoxy) is 1. The van der Waals surface area contributed by atoms with Gasteiger partial charge in [0, 0.05) is 12.1 Å². The predicted molar refractivity (Wildman–Crippen MR) is 77.3 cm³/mol. The highest BCUT2D eigenvalue weighted by atomic mass is 16.5. The van der Waals surface area contributed by atoms with Crippen LogP contribution in [0.1, 0.15) is 53.4 Å². The molecule has 5 heteroatoms. The van der Waals surface area contributed by atoms with E-state index in [0.717, 1.165) is 0 Å². The maximum Gasteiger partial charge on any atom is 0.308 e. The minimum atomic E-state index is -0.796. The summed E-state index contributed by atoms with van der Waals surface area (Å²) in [7, 11) is 0. The molecule has 3 N–H and O–H groups in total. The molecule has 1 saturated carbocycles. The third kappa shape index (κ3) is 4.72. The summed E-state index contributed by atoms with van der Waals surface area (Å²) in [5, 5.41) is 23.4. The fraction of sp³-hybridized carbons (Fsp3) is 0.933. The van der Waals surface area contributed by atoms with Gasteiger partial charge in [0.05, 0.1) is 24.2 Å². The number of carbonyl (C=O) groups is 1. The molecule has 0 amide bonds. The molecular formula is C15H29NO4. The Balaban J connectivity index is 2.44. The van der Waals surface area contributed by atoms with Gasteiger partial charge in [0.1, 0.15) is 0 Å². The molecule has 0 radical (unpaired) electrons. The molecule has 0 aromatic rings. The van der Waals surface area contributed by atoms with E-state index in [-0.39, 0.29) is 11.9 Å². The summed E-state index contributed by atoms with van der Waals surface area (Å²) in [4.78, 5) is 11.7. The van der Waals surface area contributed by atoms with Gasteiger partial charge in [0.15, 0.2) is 0 Å². The van der Waals surface area contributed by atoms with Gasteiger partial charge < -0.3 is 20.3 Å². The highest BCUT2D eigenvalue weighted by molar-refractivity contribution is 5.72. The molecule has 1 aliphatic rings. The molecule has 118 valence electrons. The van der Waals surface area contributed by atoms with Crippen LogP contribution in [-0.2, 0) is 9.53 Å². The van der Waals surface area contributed by atoms with E-state index >= 15 is 0 Å². The van der Waals surface area contributed by atoms with E-state index in [4.69, 9.17) is 4.74 Å². The Bertz CT molecular complexity index is 320. The number of hydrogen-bond donors (Lipinski definition) is 3. The van der Waals surface area contributed by atoms with Gasteiger partial charge >= 0.3 is 5.97 Å². The van der Waals surface area contributed by atoms with Gasteiger partial charge in [0.25, 0.3) is 0 Å². The Hall–Kier alpha value is -0.650. The van der Waals surface area contributed by atoms with Crippen LogP contribution < -0.4 is 5.32 Å². The predicted octanol–water partition coefficient (Wildman–Crippen LogP) is 1.22. The molecular weight excluding hydrogens is 258 g/mol. The average molecular weight is 287 g/mol. The van der Waals surface area contributed by atoms with Crippen molar-refractivity contribution in [3.63, 3.8) is 0 Å². The van der Waals surface area contributed by atoms with Crippen molar-refractivity contribution >= 4 is 5.97 Å². The van der Waals surface area contributed by atoms with Crippen molar-refractivity contribution in [1.29, 1.82) is 0 Å². The lowest BCUT2D eigenvalue weighted by Gasteiger charge is -2.39. The number of aliphatic hydroxyl groups excluding tert-OH is 1. The second-order valence-corrected chi connectivity index (χ2v) is 6.50. The maximum absolute atomic E-state index is 11.7. The zero-order valence-electron chi connectivity index (χ0n) is 13.1. The highest BCUT2D eigenvalue weighted by Crippen LogP contribution is 2.32. The molecule has 20 heavy (non-hydrogen) atoms. The van der Waals surface area contributed by atoms with Gasteiger partial charge in [-0.05, 0) is 53.4 Å². The van der Waals surface area contributed by atoms with Gasteiger partial charge in [-0.1, -0.05) is 0 Å². The topological polar surface area (TPSA) is 78.8 Å². The third-order valence-electron chi connectivity index (χ3n) is 4.45. The number of nitrogens with one attached hydrogen (secondary N) is 1. The molecule has 0 aliphatic heterocycles. The fourth-order valence-electron chi connectivity index (χ4n) is 2.37. The first kappa shape index (κ1) is 17.4. The van der Waals surface area contributed by atoms with Crippen LogP contribution in [0.2, 0.25) is 0 Å². The summed E-state index contributed by atoms with van der Waals surface area (Å²) in [6, 6.07) is 0. The number of carbonyl (C=O) groups excluding carboxylic acids is 1. The first-order valence-electron chi connectivity index (χ1n) is 7.52. The van der Waals surface area contributed by atoms with E-state index in [1.807, 2.05) is 13.8 Å². The first-order chi connectivity index (χ1) is 9.20. The first-order valence-corrected chi connectivity index (χ1v) is 7.52. The second-order valence-electron chi connectivity index (χ2n) is 6.50. The van der Waals surface area contributed by atoms with Gasteiger partial charge in [0.2, 0.25) is 0 Å². The van der Waals surface area contributed by atoms with Crippen LogP contribution in [0.4, 0.5) is 0 Å². The van der Waals surface area contributed by atoms with Crippen molar-refractivity contribution in [1.82, 2.24) is 5.32 Å². The molecule has 0 heterocycles. The van der Waals surface area contributed by atoms with Crippen molar-refractivity contribution in [3.05, 3.63) is 0 Å². The van der Waals surface area contributed by atoms with E-state index in [1.165, 1.54) is 0 Å². The lowest BCUT2D eigenvalue weighted by molar-refractivity contribution is -0.151. The van der Waals surface area contributed by atoms with Crippen molar-refractivity contribution < 1.29 is 19.7 Å². The summed E-state index contributed by atoms with van der Waals surface area (Å²) >= 11 is 0. The van der Waals surface area contributed by atoms with Gasteiger partial charge in [-0.15, -0.1) is 0 Å². The summed E-state index contributed by atoms with van der Waals surface area (Å²) in [5.74, 6) is -0.230. The monoisotopic (exact) mass is 287 g/mol. The zero-order valence-corrected chi connectivity index (χ0v) is 13.1. The summed E-state index contributed by atoms with van der Waals surface area (Å²) in [6.07, 6.45) is 1.98. The van der Waals surface area contributed by atoms with Crippen LogP contribution in [0.25, 0.3) is 0 Å². The quantitative estimate of drug-likeness (QED) is 0.640. The molecule has 0 aromatic heterocycles. The zero-order chi connectivity index (χ0) is 15.4. The van der Waals surface area contributed by atoms with E-state index in [0.29, 0.717) is 38.8 Å². The molecule has 1 fully saturated rings. The van der Waals surface area contributed by atoms with E-state index in [1.54, 1.807) is 13.8 Å². The van der Waals surface area contributed by atoms with E-state index in [2.05, 4.69) is 5.32 Å². The smallest absolute Gasteiger partial charge is 0.308 e.